The summed E-state index contributed by atoms with van der Waals surface area (Å²) in [7, 11) is 0. The Morgan fingerprint density at radius 2 is 1.89 bits per heavy atom. The van der Waals surface area contributed by atoms with Gasteiger partial charge in [0.15, 0.2) is 6.10 Å². The molecule has 100 valence electrons. The monoisotopic (exact) mass is 314 g/mol. The third-order valence-electron chi connectivity index (χ3n) is 2.73. The van der Waals surface area contributed by atoms with E-state index in [2.05, 4.69) is 29.8 Å². The second kappa shape index (κ2) is 6.23. The number of halogens is 1. The molecule has 0 aromatic heterocycles. The summed E-state index contributed by atoms with van der Waals surface area (Å²) in [5.74, 6) is -0.0276. The Labute approximate surface area is 116 Å². The molecule has 1 rings (SSSR count). The largest absolute Gasteiger partial charge is 0.478 e. The molecule has 4 heteroatoms. The van der Waals surface area contributed by atoms with Crippen LogP contribution in [0.15, 0.2) is 22.7 Å². The highest BCUT2D eigenvalue weighted by Crippen LogP contribution is 2.30. The van der Waals surface area contributed by atoms with E-state index in [-0.39, 0.29) is 5.92 Å². The smallest absolute Gasteiger partial charge is 0.345 e. The minimum Gasteiger partial charge on any atom is -0.478 e. The van der Waals surface area contributed by atoms with Crippen molar-refractivity contribution in [3.05, 3.63) is 28.2 Å². The molecule has 0 amide bonds. The molecule has 0 aliphatic carbocycles. The maximum atomic E-state index is 11.1. The Kier molecular flexibility index (Phi) is 5.20. The van der Waals surface area contributed by atoms with Crippen molar-refractivity contribution >= 4 is 21.9 Å². The topological polar surface area (TPSA) is 46.5 Å². The van der Waals surface area contributed by atoms with Gasteiger partial charge in [-0.1, -0.05) is 33.8 Å². The van der Waals surface area contributed by atoms with Gasteiger partial charge in [-0.05, 0) is 39.5 Å². The number of aliphatic carboxylic acids is 1. The highest BCUT2D eigenvalue weighted by Gasteiger charge is 2.24. The van der Waals surface area contributed by atoms with E-state index < -0.39 is 12.1 Å². The molecule has 1 N–H and O–H groups in total. The summed E-state index contributed by atoms with van der Waals surface area (Å²) in [6.07, 6.45) is -0.828. The molecule has 0 bridgehead atoms. The first-order chi connectivity index (χ1) is 8.32. The number of rotatable bonds is 5. The minimum absolute atomic E-state index is 0.0841. The van der Waals surface area contributed by atoms with Crippen LogP contribution in [0.25, 0.3) is 0 Å². The average molecular weight is 315 g/mol. The van der Waals surface area contributed by atoms with E-state index in [1.807, 2.05) is 32.0 Å². The number of hydrogen-bond acceptors (Lipinski definition) is 2. The highest BCUT2D eigenvalue weighted by atomic mass is 79.9. The second-order valence-corrected chi connectivity index (χ2v) is 5.82. The lowest BCUT2D eigenvalue weighted by Gasteiger charge is -2.19. The summed E-state index contributed by atoms with van der Waals surface area (Å²) in [5.41, 5.74) is 1.19. The summed E-state index contributed by atoms with van der Waals surface area (Å²) < 4.78 is 6.35. The number of benzene rings is 1. The molecule has 0 saturated carbocycles. The van der Waals surface area contributed by atoms with Crippen LogP contribution in [0.5, 0.6) is 5.75 Å². The molecule has 18 heavy (non-hydrogen) atoms. The van der Waals surface area contributed by atoms with Crippen LogP contribution in [0.3, 0.4) is 0 Å². The minimum atomic E-state index is -0.940. The maximum Gasteiger partial charge on any atom is 0.345 e. The Morgan fingerprint density at radius 3 is 2.28 bits per heavy atom. The molecule has 0 radical (unpaired) electrons. The first-order valence-electron chi connectivity index (χ1n) is 6.01. The summed E-state index contributed by atoms with van der Waals surface area (Å²) in [6.45, 7) is 7.87. The molecule has 0 saturated heterocycles. The van der Waals surface area contributed by atoms with Crippen LogP contribution in [-0.4, -0.2) is 17.2 Å². The molecule has 0 heterocycles. The van der Waals surface area contributed by atoms with Crippen molar-refractivity contribution in [3.63, 3.8) is 0 Å². The fourth-order valence-electron chi connectivity index (χ4n) is 1.58. The molecular formula is C14H19BrO3. The molecule has 0 aliphatic heterocycles. The lowest BCUT2D eigenvalue weighted by atomic mass is 10.0. The summed E-state index contributed by atoms with van der Waals surface area (Å²) in [4.78, 5) is 11.1. The van der Waals surface area contributed by atoms with Crippen LogP contribution in [0.2, 0.25) is 0 Å². The van der Waals surface area contributed by atoms with Crippen LogP contribution in [0.1, 0.15) is 39.2 Å². The van der Waals surface area contributed by atoms with Gasteiger partial charge in [-0.15, -0.1) is 0 Å². The van der Waals surface area contributed by atoms with Crippen molar-refractivity contribution in [1.82, 2.24) is 0 Å². The van der Waals surface area contributed by atoms with E-state index in [1.165, 1.54) is 5.56 Å². The van der Waals surface area contributed by atoms with Gasteiger partial charge in [-0.3, -0.25) is 0 Å². The second-order valence-electron chi connectivity index (χ2n) is 4.97. The van der Waals surface area contributed by atoms with Gasteiger partial charge in [-0.25, -0.2) is 4.79 Å². The van der Waals surface area contributed by atoms with Crippen LogP contribution in [0, 0.1) is 5.92 Å². The first kappa shape index (κ1) is 15.0. The SMILES string of the molecule is CC(C)c1ccc(OC(C(=O)O)C(C)C)c(Br)c1. The predicted molar refractivity (Wildman–Crippen MR) is 75.1 cm³/mol. The number of ether oxygens (including phenoxy) is 1. The van der Waals surface area contributed by atoms with Gasteiger partial charge in [0.2, 0.25) is 0 Å². The zero-order valence-electron chi connectivity index (χ0n) is 11.1. The van der Waals surface area contributed by atoms with Crippen LogP contribution in [-0.2, 0) is 4.79 Å². The third-order valence-corrected chi connectivity index (χ3v) is 3.35. The van der Waals surface area contributed by atoms with Crippen LogP contribution >= 0.6 is 15.9 Å². The number of carbonyl (C=O) groups is 1. The van der Waals surface area contributed by atoms with Gasteiger partial charge in [-0.2, -0.15) is 0 Å². The van der Waals surface area contributed by atoms with Crippen molar-refractivity contribution in [2.24, 2.45) is 5.92 Å². The Bertz CT molecular complexity index is 427. The van der Waals surface area contributed by atoms with Gasteiger partial charge in [0.05, 0.1) is 4.47 Å². The normalized spacial score (nSPS) is 12.8. The van der Waals surface area contributed by atoms with E-state index in [1.54, 1.807) is 0 Å². The lowest BCUT2D eigenvalue weighted by Crippen LogP contribution is -2.32. The average Bonchev–Trinajstić information content (AvgIpc) is 2.25. The quantitative estimate of drug-likeness (QED) is 0.891. The number of carboxylic acid groups (broad SMARTS) is 1. The van der Waals surface area contributed by atoms with Crippen molar-refractivity contribution in [2.45, 2.75) is 39.7 Å². The number of carboxylic acids is 1. The highest BCUT2D eigenvalue weighted by molar-refractivity contribution is 9.10. The molecular weight excluding hydrogens is 296 g/mol. The molecule has 1 aromatic carbocycles. The van der Waals surface area contributed by atoms with Crippen molar-refractivity contribution in [3.8, 4) is 5.75 Å². The zero-order chi connectivity index (χ0) is 13.9. The van der Waals surface area contributed by atoms with Crippen LogP contribution < -0.4 is 4.74 Å². The first-order valence-corrected chi connectivity index (χ1v) is 6.81. The summed E-state index contributed by atoms with van der Waals surface area (Å²) in [6, 6.07) is 5.75. The molecule has 1 unspecified atom stereocenters. The zero-order valence-corrected chi connectivity index (χ0v) is 12.7. The molecule has 0 aliphatic rings. The van der Waals surface area contributed by atoms with E-state index in [0.29, 0.717) is 11.7 Å². The lowest BCUT2D eigenvalue weighted by molar-refractivity contribution is -0.147. The van der Waals surface area contributed by atoms with Crippen LogP contribution in [0.4, 0.5) is 0 Å². The Hall–Kier alpha value is -1.03. The fourth-order valence-corrected chi connectivity index (χ4v) is 2.07. The van der Waals surface area contributed by atoms with Gasteiger partial charge in [0, 0.05) is 5.92 Å². The molecule has 0 spiro atoms. The Balaban J connectivity index is 2.94. The maximum absolute atomic E-state index is 11.1. The van der Waals surface area contributed by atoms with E-state index in [9.17, 15) is 4.79 Å². The Morgan fingerprint density at radius 1 is 1.28 bits per heavy atom. The van der Waals surface area contributed by atoms with Gasteiger partial charge in [0.1, 0.15) is 5.75 Å². The van der Waals surface area contributed by atoms with Gasteiger partial charge < -0.3 is 9.84 Å². The summed E-state index contributed by atoms with van der Waals surface area (Å²) >= 11 is 3.42. The van der Waals surface area contributed by atoms with E-state index in [4.69, 9.17) is 9.84 Å². The van der Waals surface area contributed by atoms with Gasteiger partial charge >= 0.3 is 5.97 Å². The third kappa shape index (κ3) is 3.73. The van der Waals surface area contributed by atoms with Crippen molar-refractivity contribution < 1.29 is 14.6 Å². The van der Waals surface area contributed by atoms with E-state index in [0.717, 1.165) is 4.47 Å². The standard InChI is InChI=1S/C14H19BrO3/c1-8(2)10-5-6-12(11(15)7-10)18-13(9(3)4)14(16)17/h5-9,13H,1-4H3,(H,16,17). The van der Waals surface area contributed by atoms with Crippen molar-refractivity contribution in [2.75, 3.05) is 0 Å². The number of hydrogen-bond donors (Lipinski definition) is 1. The fraction of sp³-hybridized carbons (Fsp3) is 0.500. The molecule has 1 atom stereocenters. The summed E-state index contributed by atoms with van der Waals surface area (Å²) in [5, 5.41) is 9.10. The van der Waals surface area contributed by atoms with Crippen molar-refractivity contribution in [1.29, 1.82) is 0 Å². The van der Waals surface area contributed by atoms with E-state index >= 15 is 0 Å². The molecule has 3 nitrogen and oxygen atoms in total. The van der Waals surface area contributed by atoms with Gasteiger partial charge in [0.25, 0.3) is 0 Å². The molecule has 1 aromatic rings. The predicted octanol–water partition coefficient (Wildman–Crippen LogP) is 4.06. The molecule has 0 fully saturated rings.